The minimum absolute atomic E-state index is 0.0693. The van der Waals surface area contributed by atoms with Crippen molar-refractivity contribution in [1.29, 1.82) is 0 Å². The third kappa shape index (κ3) is 3.77. The van der Waals surface area contributed by atoms with Crippen molar-refractivity contribution in [2.75, 3.05) is 5.75 Å². The van der Waals surface area contributed by atoms with Crippen LogP contribution in [0.25, 0.3) is 0 Å². The fourth-order valence-electron chi connectivity index (χ4n) is 1.74. The summed E-state index contributed by atoms with van der Waals surface area (Å²) < 4.78 is 24.5. The molecule has 0 fully saturated rings. The van der Waals surface area contributed by atoms with Crippen molar-refractivity contribution >= 4 is 50.4 Å². The molecule has 0 radical (unpaired) electrons. The Morgan fingerprint density at radius 1 is 0.952 bits per heavy atom. The Balaban J connectivity index is 2.35. The van der Waals surface area contributed by atoms with Crippen molar-refractivity contribution < 1.29 is 13.2 Å². The van der Waals surface area contributed by atoms with Gasteiger partial charge in [0.25, 0.3) is 0 Å². The quantitative estimate of drug-likeness (QED) is 0.761. The second kappa shape index (κ2) is 6.36. The molecule has 2 aromatic rings. The normalized spacial score (nSPS) is 11.4. The average Bonchev–Trinajstić information content (AvgIpc) is 2.41. The molecule has 0 saturated carbocycles. The number of ketones is 1. The van der Waals surface area contributed by atoms with E-state index in [0.29, 0.717) is 5.02 Å². The Hall–Kier alpha value is -1.07. The average molecular weight is 364 g/mol. The lowest BCUT2D eigenvalue weighted by molar-refractivity contribution is 0.102. The number of hydrogen-bond donors (Lipinski definition) is 0. The molecule has 0 aliphatic carbocycles. The third-order valence-corrected chi connectivity index (χ3v) is 5.40. The molecule has 0 spiro atoms. The fraction of sp³-hybridized carbons (Fsp3) is 0.0714. The Labute approximate surface area is 137 Å². The molecule has 0 aliphatic heterocycles. The van der Waals surface area contributed by atoms with Crippen LogP contribution in [-0.2, 0) is 9.84 Å². The Morgan fingerprint density at radius 3 is 2.29 bits per heavy atom. The molecule has 7 heteroatoms. The van der Waals surface area contributed by atoms with E-state index in [9.17, 15) is 13.2 Å². The molecule has 0 unspecified atom stereocenters. The van der Waals surface area contributed by atoms with E-state index in [2.05, 4.69) is 0 Å². The summed E-state index contributed by atoms with van der Waals surface area (Å²) in [4.78, 5) is 12.1. The largest absolute Gasteiger partial charge is 0.293 e. The molecule has 2 rings (SSSR count). The number of sulfone groups is 1. The molecule has 0 atom stereocenters. The highest BCUT2D eigenvalue weighted by Gasteiger charge is 2.24. The highest BCUT2D eigenvalue weighted by Crippen LogP contribution is 2.25. The number of carbonyl (C=O) groups is 1. The zero-order valence-corrected chi connectivity index (χ0v) is 13.6. The Kier molecular flexibility index (Phi) is 4.94. The zero-order chi connectivity index (χ0) is 15.6. The molecular weight excluding hydrogens is 355 g/mol. The highest BCUT2D eigenvalue weighted by molar-refractivity contribution is 7.92. The molecule has 0 saturated heterocycles. The molecule has 3 nitrogen and oxygen atoms in total. The molecule has 21 heavy (non-hydrogen) atoms. The van der Waals surface area contributed by atoms with Crippen molar-refractivity contribution in [3.8, 4) is 0 Å². The van der Waals surface area contributed by atoms with Gasteiger partial charge < -0.3 is 0 Å². The summed E-state index contributed by atoms with van der Waals surface area (Å²) in [6.45, 7) is 0. The van der Waals surface area contributed by atoms with Crippen LogP contribution in [0.4, 0.5) is 0 Å². The molecule has 0 amide bonds. The van der Waals surface area contributed by atoms with Crippen molar-refractivity contribution in [2.24, 2.45) is 0 Å². The number of Topliss-reactive ketones (excluding diaryl/α,β-unsaturated/α-hetero) is 1. The lowest BCUT2D eigenvalue weighted by atomic mass is 10.1. The van der Waals surface area contributed by atoms with Crippen LogP contribution in [0.15, 0.2) is 47.4 Å². The summed E-state index contributed by atoms with van der Waals surface area (Å²) in [5, 5.41) is 0.527. The topological polar surface area (TPSA) is 51.2 Å². The van der Waals surface area contributed by atoms with E-state index >= 15 is 0 Å². The second-order valence-electron chi connectivity index (χ2n) is 4.24. The first-order valence-electron chi connectivity index (χ1n) is 5.77. The Morgan fingerprint density at radius 2 is 1.62 bits per heavy atom. The number of benzene rings is 2. The van der Waals surface area contributed by atoms with Gasteiger partial charge in [0.05, 0.1) is 14.9 Å². The monoisotopic (exact) mass is 362 g/mol. The molecule has 0 heterocycles. The number of halogens is 3. The van der Waals surface area contributed by atoms with Crippen LogP contribution in [-0.4, -0.2) is 20.0 Å². The van der Waals surface area contributed by atoms with E-state index in [1.807, 2.05) is 0 Å². The van der Waals surface area contributed by atoms with E-state index < -0.39 is 21.4 Å². The third-order valence-electron chi connectivity index (χ3n) is 2.72. The van der Waals surface area contributed by atoms with Crippen LogP contribution in [0, 0.1) is 0 Å². The maximum absolute atomic E-state index is 12.3. The molecule has 2 aromatic carbocycles. The number of carbonyl (C=O) groups excluding carboxylic acids is 1. The molecule has 0 aromatic heterocycles. The summed E-state index contributed by atoms with van der Waals surface area (Å²) in [5.41, 5.74) is 0.0693. The summed E-state index contributed by atoms with van der Waals surface area (Å²) in [7, 11) is -3.85. The molecule has 110 valence electrons. The van der Waals surface area contributed by atoms with Gasteiger partial charge in [-0.2, -0.15) is 0 Å². The first-order valence-corrected chi connectivity index (χ1v) is 8.55. The lowest BCUT2D eigenvalue weighted by Crippen LogP contribution is -2.17. The first kappa shape index (κ1) is 16.3. The van der Waals surface area contributed by atoms with Gasteiger partial charge in [0, 0.05) is 10.6 Å². The molecule has 0 N–H and O–H groups in total. The fourth-order valence-corrected chi connectivity index (χ4v) is 3.93. The summed E-state index contributed by atoms with van der Waals surface area (Å²) in [5.74, 6) is -1.36. The van der Waals surface area contributed by atoms with E-state index in [1.54, 1.807) is 6.07 Å². The standard InChI is InChI=1S/C14H9Cl3O3S/c15-9-5-6-11(16)10(7-9)13(18)8-21(19,20)14-4-2-1-3-12(14)17/h1-7H,8H2. The predicted molar refractivity (Wildman–Crippen MR) is 84.3 cm³/mol. The van der Waals surface area contributed by atoms with E-state index in [1.165, 1.54) is 36.4 Å². The van der Waals surface area contributed by atoms with Crippen LogP contribution in [0.1, 0.15) is 10.4 Å². The second-order valence-corrected chi connectivity index (χ2v) is 7.45. The van der Waals surface area contributed by atoms with Gasteiger partial charge in [0.15, 0.2) is 15.6 Å². The van der Waals surface area contributed by atoms with Crippen LogP contribution >= 0.6 is 34.8 Å². The van der Waals surface area contributed by atoms with E-state index in [4.69, 9.17) is 34.8 Å². The summed E-state index contributed by atoms with van der Waals surface area (Å²) in [6.07, 6.45) is 0. The van der Waals surface area contributed by atoms with Crippen molar-refractivity contribution in [2.45, 2.75) is 4.90 Å². The van der Waals surface area contributed by atoms with Gasteiger partial charge in [-0.15, -0.1) is 0 Å². The zero-order valence-electron chi connectivity index (χ0n) is 10.5. The maximum atomic E-state index is 12.3. The van der Waals surface area contributed by atoms with Crippen molar-refractivity contribution in [1.82, 2.24) is 0 Å². The van der Waals surface area contributed by atoms with Crippen LogP contribution in [0.5, 0.6) is 0 Å². The molecular formula is C14H9Cl3O3S. The van der Waals surface area contributed by atoms with E-state index in [0.717, 1.165) is 0 Å². The summed E-state index contributed by atoms with van der Waals surface area (Å²) >= 11 is 17.5. The smallest absolute Gasteiger partial charge is 0.187 e. The first-order chi connectivity index (χ1) is 9.81. The van der Waals surface area contributed by atoms with Gasteiger partial charge in [-0.1, -0.05) is 46.9 Å². The van der Waals surface area contributed by atoms with Gasteiger partial charge in [-0.05, 0) is 30.3 Å². The van der Waals surface area contributed by atoms with Gasteiger partial charge in [0.1, 0.15) is 5.75 Å². The minimum atomic E-state index is -3.85. The molecule has 0 aliphatic rings. The van der Waals surface area contributed by atoms with Gasteiger partial charge in [-0.3, -0.25) is 4.79 Å². The van der Waals surface area contributed by atoms with Crippen LogP contribution < -0.4 is 0 Å². The maximum Gasteiger partial charge on any atom is 0.187 e. The van der Waals surface area contributed by atoms with Crippen molar-refractivity contribution in [3.63, 3.8) is 0 Å². The predicted octanol–water partition coefficient (Wildman–Crippen LogP) is 4.30. The number of hydrogen-bond acceptors (Lipinski definition) is 3. The van der Waals surface area contributed by atoms with Crippen LogP contribution in [0.2, 0.25) is 15.1 Å². The van der Waals surface area contributed by atoms with Crippen molar-refractivity contribution in [3.05, 3.63) is 63.1 Å². The Bertz CT molecular complexity index is 801. The number of rotatable bonds is 4. The molecule has 0 bridgehead atoms. The van der Waals surface area contributed by atoms with Gasteiger partial charge >= 0.3 is 0 Å². The lowest BCUT2D eigenvalue weighted by Gasteiger charge is -2.07. The highest BCUT2D eigenvalue weighted by atomic mass is 35.5. The van der Waals surface area contributed by atoms with E-state index in [-0.39, 0.29) is 20.5 Å². The summed E-state index contributed by atoms with van der Waals surface area (Å²) in [6, 6.07) is 10.2. The van der Waals surface area contributed by atoms with Crippen LogP contribution in [0.3, 0.4) is 0 Å². The minimum Gasteiger partial charge on any atom is -0.293 e. The van der Waals surface area contributed by atoms with Gasteiger partial charge in [-0.25, -0.2) is 8.42 Å². The van der Waals surface area contributed by atoms with Gasteiger partial charge in [0.2, 0.25) is 0 Å². The SMILES string of the molecule is O=C(CS(=O)(=O)c1ccccc1Cl)c1cc(Cl)ccc1Cl.